The first-order chi connectivity index (χ1) is 14.0. The minimum atomic E-state index is -0.705. The first-order valence-corrected chi connectivity index (χ1v) is 10.6. The van der Waals surface area contributed by atoms with E-state index in [4.69, 9.17) is 0 Å². The van der Waals surface area contributed by atoms with Crippen LogP contribution in [0.4, 0.5) is 4.39 Å². The molecule has 1 aromatic carbocycles. The zero-order valence-electron chi connectivity index (χ0n) is 16.6. The number of allylic oxidation sites excluding steroid dienone is 1. The molecule has 1 N–H and O–H groups in total. The molecule has 0 radical (unpaired) electrons. The molecule has 3 atom stereocenters. The van der Waals surface area contributed by atoms with Crippen molar-refractivity contribution in [1.29, 1.82) is 5.26 Å². The number of carboxylic acids is 1. The summed E-state index contributed by atoms with van der Waals surface area (Å²) in [7, 11) is 0. The van der Waals surface area contributed by atoms with Crippen molar-refractivity contribution in [3.8, 4) is 6.07 Å². The zero-order valence-corrected chi connectivity index (χ0v) is 16.6. The third kappa shape index (κ3) is 5.53. The van der Waals surface area contributed by atoms with Crippen LogP contribution in [-0.2, 0) is 9.59 Å². The van der Waals surface area contributed by atoms with Crippen molar-refractivity contribution in [2.24, 2.45) is 23.7 Å². The van der Waals surface area contributed by atoms with Crippen LogP contribution in [0.5, 0.6) is 0 Å². The standard InChI is InChI=1S/C24H28FNO3/c25-20-9-6-16(7-10-20)12-19(15-26)23(27)11-8-17-13-21(22(14-17)24(28)29)18-4-2-1-3-5-18/h6-7,9-10,12,17-18,21-22H,1-5,8,11,13-14H2,(H,28,29)/b19-12+/t17?,21-,22+/m0/s1. The molecule has 1 unspecified atom stereocenters. The SMILES string of the molecule is N#C/C(=C\c1ccc(F)cc1)C(=O)CCC1C[C@@H](C(=O)O)[C@H](C2CCCCC2)C1. The number of rotatable bonds is 7. The van der Waals surface area contributed by atoms with Crippen molar-refractivity contribution in [3.05, 3.63) is 41.2 Å². The molecule has 0 heterocycles. The van der Waals surface area contributed by atoms with Crippen molar-refractivity contribution in [3.63, 3.8) is 0 Å². The van der Waals surface area contributed by atoms with E-state index in [0.29, 0.717) is 24.3 Å². The van der Waals surface area contributed by atoms with Gasteiger partial charge in [0, 0.05) is 6.42 Å². The Morgan fingerprint density at radius 3 is 2.45 bits per heavy atom. The van der Waals surface area contributed by atoms with Crippen LogP contribution in [0, 0.1) is 40.8 Å². The average molecular weight is 397 g/mol. The van der Waals surface area contributed by atoms with Gasteiger partial charge in [-0.25, -0.2) is 4.39 Å². The molecule has 2 aliphatic rings. The number of Topliss-reactive ketones (excluding diaryl/α,β-unsaturated/α-hetero) is 1. The van der Waals surface area contributed by atoms with Gasteiger partial charge in [-0.05, 0) is 60.8 Å². The molecule has 2 aliphatic carbocycles. The quantitative estimate of drug-likeness (QED) is 0.494. The number of carbonyl (C=O) groups is 2. The lowest BCUT2D eigenvalue weighted by molar-refractivity contribution is -0.143. The lowest BCUT2D eigenvalue weighted by Gasteiger charge is -2.30. The first kappa shape index (κ1) is 21.2. The topological polar surface area (TPSA) is 78.2 Å². The van der Waals surface area contributed by atoms with Gasteiger partial charge in [0.15, 0.2) is 5.78 Å². The summed E-state index contributed by atoms with van der Waals surface area (Å²) in [6, 6.07) is 7.60. The van der Waals surface area contributed by atoms with E-state index in [-0.39, 0.29) is 41.3 Å². The van der Waals surface area contributed by atoms with E-state index in [9.17, 15) is 24.3 Å². The molecular formula is C24H28FNO3. The average Bonchev–Trinajstić information content (AvgIpc) is 3.17. The molecule has 1 aromatic rings. The van der Waals surface area contributed by atoms with Crippen LogP contribution >= 0.6 is 0 Å². The van der Waals surface area contributed by atoms with Crippen molar-refractivity contribution < 1.29 is 19.1 Å². The third-order valence-electron chi connectivity index (χ3n) is 6.66. The van der Waals surface area contributed by atoms with Crippen molar-refractivity contribution in [2.75, 3.05) is 0 Å². The Labute approximate surface area is 171 Å². The second-order valence-corrected chi connectivity index (χ2v) is 8.53. The Morgan fingerprint density at radius 1 is 1.14 bits per heavy atom. The predicted octanol–water partition coefficient (Wildman–Crippen LogP) is 5.39. The number of benzene rings is 1. The van der Waals surface area contributed by atoms with Crippen molar-refractivity contribution in [2.45, 2.75) is 57.8 Å². The molecule has 2 saturated carbocycles. The maximum absolute atomic E-state index is 13.0. The molecule has 4 nitrogen and oxygen atoms in total. The number of hydrogen-bond acceptors (Lipinski definition) is 3. The lowest BCUT2D eigenvalue weighted by atomic mass is 9.75. The maximum atomic E-state index is 13.0. The predicted molar refractivity (Wildman–Crippen MR) is 108 cm³/mol. The van der Waals surface area contributed by atoms with E-state index in [1.807, 2.05) is 6.07 Å². The number of nitriles is 1. The first-order valence-electron chi connectivity index (χ1n) is 10.6. The highest BCUT2D eigenvalue weighted by Gasteiger charge is 2.42. The van der Waals surface area contributed by atoms with Gasteiger partial charge in [-0.3, -0.25) is 9.59 Å². The molecule has 0 spiro atoms. The minimum Gasteiger partial charge on any atom is -0.481 e. The fourth-order valence-electron chi connectivity index (χ4n) is 5.15. The number of ketones is 1. The highest BCUT2D eigenvalue weighted by Crippen LogP contribution is 2.47. The van der Waals surface area contributed by atoms with Crippen molar-refractivity contribution >= 4 is 17.8 Å². The van der Waals surface area contributed by atoms with Gasteiger partial charge in [-0.1, -0.05) is 44.2 Å². The highest BCUT2D eigenvalue weighted by molar-refractivity contribution is 6.03. The summed E-state index contributed by atoms with van der Waals surface area (Å²) in [6.45, 7) is 0. The zero-order chi connectivity index (χ0) is 20.8. The number of nitrogens with zero attached hydrogens (tertiary/aromatic N) is 1. The fourth-order valence-corrected chi connectivity index (χ4v) is 5.15. The third-order valence-corrected chi connectivity index (χ3v) is 6.66. The van der Waals surface area contributed by atoms with Gasteiger partial charge < -0.3 is 5.11 Å². The van der Waals surface area contributed by atoms with Gasteiger partial charge in [-0.15, -0.1) is 0 Å². The molecule has 0 saturated heterocycles. The maximum Gasteiger partial charge on any atom is 0.306 e. The minimum absolute atomic E-state index is 0.0632. The Hall–Kier alpha value is -2.48. The van der Waals surface area contributed by atoms with Gasteiger partial charge in [0.2, 0.25) is 0 Å². The molecule has 29 heavy (non-hydrogen) atoms. The van der Waals surface area contributed by atoms with Crippen LogP contribution in [0.3, 0.4) is 0 Å². The van der Waals surface area contributed by atoms with E-state index in [0.717, 1.165) is 19.3 Å². The summed E-state index contributed by atoms with van der Waals surface area (Å²) in [4.78, 5) is 24.3. The Balaban J connectivity index is 1.59. The van der Waals surface area contributed by atoms with Crippen LogP contribution in [0.1, 0.15) is 63.4 Å². The van der Waals surface area contributed by atoms with Gasteiger partial charge in [0.25, 0.3) is 0 Å². The van der Waals surface area contributed by atoms with E-state index in [2.05, 4.69) is 0 Å². The van der Waals surface area contributed by atoms with Gasteiger partial charge in [0.1, 0.15) is 11.9 Å². The monoisotopic (exact) mass is 397 g/mol. The molecular weight excluding hydrogens is 369 g/mol. The molecule has 3 rings (SSSR count). The van der Waals surface area contributed by atoms with Gasteiger partial charge >= 0.3 is 5.97 Å². The normalized spacial score (nSPS) is 25.5. The molecule has 0 aliphatic heterocycles. The highest BCUT2D eigenvalue weighted by atomic mass is 19.1. The van der Waals surface area contributed by atoms with Crippen molar-refractivity contribution in [1.82, 2.24) is 0 Å². The molecule has 0 bridgehead atoms. The van der Waals surface area contributed by atoms with E-state index >= 15 is 0 Å². The smallest absolute Gasteiger partial charge is 0.306 e. The largest absolute Gasteiger partial charge is 0.481 e. The van der Waals surface area contributed by atoms with E-state index in [1.54, 1.807) is 0 Å². The number of aliphatic carboxylic acids is 1. The summed E-state index contributed by atoms with van der Waals surface area (Å²) in [6.07, 6.45) is 9.73. The van der Waals surface area contributed by atoms with Crippen LogP contribution < -0.4 is 0 Å². The molecule has 5 heteroatoms. The van der Waals surface area contributed by atoms with E-state index in [1.165, 1.54) is 49.6 Å². The number of halogens is 1. The van der Waals surface area contributed by atoms with E-state index < -0.39 is 5.97 Å². The van der Waals surface area contributed by atoms with Crippen LogP contribution in [0.25, 0.3) is 6.08 Å². The van der Waals surface area contributed by atoms with Crippen LogP contribution in [0.2, 0.25) is 0 Å². The fraction of sp³-hybridized carbons (Fsp3) is 0.542. The number of carboxylic acid groups (broad SMARTS) is 1. The summed E-state index contributed by atoms with van der Waals surface area (Å²) < 4.78 is 13.0. The lowest BCUT2D eigenvalue weighted by Crippen LogP contribution is -2.26. The van der Waals surface area contributed by atoms with Crippen LogP contribution in [0.15, 0.2) is 29.8 Å². The molecule has 0 aromatic heterocycles. The van der Waals surface area contributed by atoms with Gasteiger partial charge in [-0.2, -0.15) is 5.26 Å². The summed E-state index contributed by atoms with van der Waals surface area (Å²) in [5.41, 5.74) is 0.675. The Bertz CT molecular complexity index is 802. The second kappa shape index (κ2) is 9.82. The number of carbonyl (C=O) groups excluding carboxylic acids is 1. The van der Waals surface area contributed by atoms with Gasteiger partial charge in [0.05, 0.1) is 11.5 Å². The summed E-state index contributed by atoms with van der Waals surface area (Å²) in [5, 5.41) is 19.0. The Morgan fingerprint density at radius 2 is 1.83 bits per heavy atom. The second-order valence-electron chi connectivity index (χ2n) is 8.53. The molecule has 0 amide bonds. The summed E-state index contributed by atoms with van der Waals surface area (Å²) >= 11 is 0. The number of hydrogen-bond donors (Lipinski definition) is 1. The molecule has 154 valence electrons. The molecule has 2 fully saturated rings. The summed E-state index contributed by atoms with van der Waals surface area (Å²) in [5.74, 6) is -0.667. The Kier molecular flexibility index (Phi) is 7.19. The van der Waals surface area contributed by atoms with Crippen LogP contribution in [-0.4, -0.2) is 16.9 Å².